The Bertz CT molecular complexity index is 439. The van der Waals surface area contributed by atoms with E-state index >= 15 is 0 Å². The van der Waals surface area contributed by atoms with Gasteiger partial charge in [0.15, 0.2) is 0 Å². The zero-order valence-electron chi connectivity index (χ0n) is 10.9. The molecule has 1 fully saturated rings. The Hall–Kier alpha value is -1.42. The highest BCUT2D eigenvalue weighted by molar-refractivity contribution is 5.95. The van der Waals surface area contributed by atoms with Crippen LogP contribution in [0.3, 0.4) is 0 Å². The molecule has 1 aromatic rings. The molecule has 0 unspecified atom stereocenters. The SMILES string of the molecule is CNC1CCN(C(=O)c2cc(F)ccc2C)CC1. The quantitative estimate of drug-likeness (QED) is 0.870. The van der Waals surface area contributed by atoms with Crippen LogP contribution in [0.1, 0.15) is 28.8 Å². The second-order valence-electron chi connectivity index (χ2n) is 4.81. The average Bonchev–Trinajstić information content (AvgIpc) is 2.41. The van der Waals surface area contributed by atoms with Gasteiger partial charge in [-0.3, -0.25) is 4.79 Å². The van der Waals surface area contributed by atoms with Gasteiger partial charge < -0.3 is 10.2 Å². The minimum Gasteiger partial charge on any atom is -0.339 e. The minimum absolute atomic E-state index is 0.0541. The maximum atomic E-state index is 13.2. The van der Waals surface area contributed by atoms with Gasteiger partial charge >= 0.3 is 0 Å². The largest absolute Gasteiger partial charge is 0.339 e. The molecule has 0 aromatic heterocycles. The Labute approximate surface area is 107 Å². The number of carbonyl (C=O) groups excluding carboxylic acids is 1. The van der Waals surface area contributed by atoms with Crippen LogP contribution < -0.4 is 5.32 Å². The zero-order valence-corrected chi connectivity index (χ0v) is 10.9. The van der Waals surface area contributed by atoms with Crippen molar-refractivity contribution in [2.24, 2.45) is 0 Å². The fourth-order valence-electron chi connectivity index (χ4n) is 2.37. The van der Waals surface area contributed by atoms with Crippen molar-refractivity contribution in [1.29, 1.82) is 0 Å². The van der Waals surface area contributed by atoms with Crippen LogP contribution in [-0.4, -0.2) is 37.0 Å². The first kappa shape index (κ1) is 13.0. The Morgan fingerprint density at radius 1 is 1.39 bits per heavy atom. The molecule has 0 aliphatic carbocycles. The van der Waals surface area contributed by atoms with E-state index < -0.39 is 0 Å². The highest BCUT2D eigenvalue weighted by Crippen LogP contribution is 2.17. The van der Waals surface area contributed by atoms with Gasteiger partial charge in [0, 0.05) is 24.7 Å². The van der Waals surface area contributed by atoms with Crippen LogP contribution in [-0.2, 0) is 0 Å². The lowest BCUT2D eigenvalue weighted by Gasteiger charge is -2.32. The van der Waals surface area contributed by atoms with E-state index in [1.807, 2.05) is 18.9 Å². The van der Waals surface area contributed by atoms with Crippen molar-refractivity contribution >= 4 is 5.91 Å². The van der Waals surface area contributed by atoms with Crippen LogP contribution in [0.25, 0.3) is 0 Å². The van der Waals surface area contributed by atoms with Crippen LogP contribution in [0.15, 0.2) is 18.2 Å². The summed E-state index contributed by atoms with van der Waals surface area (Å²) in [6, 6.07) is 4.87. The molecule has 2 rings (SSSR count). The Balaban J connectivity index is 2.10. The number of aryl methyl sites for hydroxylation is 1. The minimum atomic E-state index is -0.353. The summed E-state index contributed by atoms with van der Waals surface area (Å²) >= 11 is 0. The van der Waals surface area contributed by atoms with Gasteiger partial charge in [0.05, 0.1) is 0 Å². The molecule has 1 N–H and O–H groups in total. The van der Waals surface area contributed by atoms with Gasteiger partial charge in [-0.05, 0) is 44.5 Å². The second-order valence-corrected chi connectivity index (χ2v) is 4.81. The summed E-state index contributed by atoms with van der Waals surface area (Å²) in [6.45, 7) is 3.31. The van der Waals surface area contributed by atoms with E-state index in [0.717, 1.165) is 31.5 Å². The van der Waals surface area contributed by atoms with Crippen molar-refractivity contribution in [3.05, 3.63) is 35.1 Å². The van der Waals surface area contributed by atoms with Gasteiger partial charge in [-0.15, -0.1) is 0 Å². The monoisotopic (exact) mass is 250 g/mol. The fourth-order valence-corrected chi connectivity index (χ4v) is 2.37. The van der Waals surface area contributed by atoms with Gasteiger partial charge in [0.25, 0.3) is 5.91 Å². The standard InChI is InChI=1S/C14H19FN2O/c1-10-3-4-11(15)9-13(10)14(18)17-7-5-12(16-2)6-8-17/h3-4,9,12,16H,5-8H2,1-2H3. The van der Waals surface area contributed by atoms with Gasteiger partial charge in [0.1, 0.15) is 5.82 Å². The second kappa shape index (κ2) is 5.48. The number of rotatable bonds is 2. The molecular formula is C14H19FN2O. The normalized spacial score (nSPS) is 16.9. The first-order valence-corrected chi connectivity index (χ1v) is 6.34. The number of piperidine rings is 1. The molecule has 0 atom stereocenters. The molecule has 1 aliphatic rings. The number of nitrogens with zero attached hydrogens (tertiary/aromatic N) is 1. The predicted octanol–water partition coefficient (Wildman–Crippen LogP) is 1.96. The molecular weight excluding hydrogens is 231 g/mol. The lowest BCUT2D eigenvalue weighted by Crippen LogP contribution is -2.44. The van der Waals surface area contributed by atoms with Gasteiger partial charge in [-0.1, -0.05) is 6.07 Å². The molecule has 1 amide bonds. The molecule has 1 saturated heterocycles. The highest BCUT2D eigenvalue weighted by atomic mass is 19.1. The van der Waals surface area contributed by atoms with Crippen LogP contribution in [0.4, 0.5) is 4.39 Å². The Kier molecular flexibility index (Phi) is 3.97. The van der Waals surface area contributed by atoms with Crippen molar-refractivity contribution in [3.63, 3.8) is 0 Å². The number of hydrogen-bond acceptors (Lipinski definition) is 2. The fraction of sp³-hybridized carbons (Fsp3) is 0.500. The predicted molar refractivity (Wildman–Crippen MR) is 69.1 cm³/mol. The van der Waals surface area contributed by atoms with Crippen molar-refractivity contribution in [3.8, 4) is 0 Å². The average molecular weight is 250 g/mol. The summed E-state index contributed by atoms with van der Waals surface area (Å²) in [7, 11) is 1.94. The molecule has 0 radical (unpaired) electrons. The van der Waals surface area contributed by atoms with E-state index in [9.17, 15) is 9.18 Å². The van der Waals surface area contributed by atoms with E-state index in [0.29, 0.717) is 11.6 Å². The van der Waals surface area contributed by atoms with Crippen LogP contribution in [0.2, 0.25) is 0 Å². The number of hydrogen-bond donors (Lipinski definition) is 1. The van der Waals surface area contributed by atoms with Gasteiger partial charge in [-0.25, -0.2) is 4.39 Å². The Morgan fingerprint density at radius 3 is 2.67 bits per heavy atom. The zero-order chi connectivity index (χ0) is 13.1. The first-order chi connectivity index (χ1) is 8.61. The number of likely N-dealkylation sites (tertiary alicyclic amines) is 1. The number of benzene rings is 1. The number of halogens is 1. The summed E-state index contributed by atoms with van der Waals surface area (Å²) < 4.78 is 13.2. The van der Waals surface area contributed by atoms with E-state index in [4.69, 9.17) is 0 Å². The molecule has 3 nitrogen and oxygen atoms in total. The smallest absolute Gasteiger partial charge is 0.254 e. The molecule has 0 spiro atoms. The van der Waals surface area contributed by atoms with E-state index in [2.05, 4.69) is 5.32 Å². The van der Waals surface area contributed by atoms with Crippen molar-refractivity contribution in [2.75, 3.05) is 20.1 Å². The summed E-state index contributed by atoms with van der Waals surface area (Å²) in [6.07, 6.45) is 1.91. The van der Waals surface area contributed by atoms with E-state index in [-0.39, 0.29) is 11.7 Å². The van der Waals surface area contributed by atoms with E-state index in [1.54, 1.807) is 6.07 Å². The highest BCUT2D eigenvalue weighted by Gasteiger charge is 2.23. The summed E-state index contributed by atoms with van der Waals surface area (Å²) in [5, 5.41) is 3.23. The van der Waals surface area contributed by atoms with E-state index in [1.165, 1.54) is 12.1 Å². The molecule has 1 aliphatic heterocycles. The van der Waals surface area contributed by atoms with Crippen molar-refractivity contribution in [1.82, 2.24) is 10.2 Å². The molecule has 0 bridgehead atoms. The Morgan fingerprint density at radius 2 is 2.06 bits per heavy atom. The van der Waals surface area contributed by atoms with Crippen molar-refractivity contribution in [2.45, 2.75) is 25.8 Å². The molecule has 1 heterocycles. The first-order valence-electron chi connectivity index (χ1n) is 6.34. The van der Waals surface area contributed by atoms with Crippen LogP contribution in [0.5, 0.6) is 0 Å². The topological polar surface area (TPSA) is 32.3 Å². The summed E-state index contributed by atoms with van der Waals surface area (Å²) in [5.74, 6) is -0.407. The maximum absolute atomic E-state index is 13.2. The third-order valence-corrected chi connectivity index (χ3v) is 3.62. The van der Waals surface area contributed by atoms with Crippen LogP contribution >= 0.6 is 0 Å². The number of amides is 1. The lowest BCUT2D eigenvalue weighted by atomic mass is 10.0. The molecule has 0 saturated carbocycles. The third kappa shape index (κ3) is 2.70. The van der Waals surface area contributed by atoms with Gasteiger partial charge in [0.2, 0.25) is 0 Å². The molecule has 4 heteroatoms. The lowest BCUT2D eigenvalue weighted by molar-refractivity contribution is 0.0706. The molecule has 1 aromatic carbocycles. The summed E-state index contributed by atoms with van der Waals surface area (Å²) in [4.78, 5) is 14.1. The maximum Gasteiger partial charge on any atom is 0.254 e. The van der Waals surface area contributed by atoms with Gasteiger partial charge in [-0.2, -0.15) is 0 Å². The van der Waals surface area contributed by atoms with Crippen molar-refractivity contribution < 1.29 is 9.18 Å². The third-order valence-electron chi connectivity index (χ3n) is 3.62. The van der Waals surface area contributed by atoms with Crippen LogP contribution in [0, 0.1) is 12.7 Å². The molecule has 18 heavy (non-hydrogen) atoms. The number of carbonyl (C=O) groups is 1. The number of nitrogens with one attached hydrogen (secondary N) is 1. The summed E-state index contributed by atoms with van der Waals surface area (Å²) in [5.41, 5.74) is 1.31. The molecule has 98 valence electrons.